The summed E-state index contributed by atoms with van der Waals surface area (Å²) in [6, 6.07) is 7.76. The third-order valence-corrected chi connectivity index (χ3v) is 2.87. The van der Waals surface area contributed by atoms with Crippen LogP contribution in [0.1, 0.15) is 11.6 Å². The molecule has 0 saturated carbocycles. The van der Waals surface area contributed by atoms with Gasteiger partial charge in [0, 0.05) is 18.8 Å². The van der Waals surface area contributed by atoms with E-state index in [1.807, 2.05) is 18.2 Å². The first-order valence-electron chi connectivity index (χ1n) is 5.60. The Bertz CT molecular complexity index is 338. The molecule has 1 atom stereocenters. The van der Waals surface area contributed by atoms with Crippen molar-refractivity contribution in [3.63, 3.8) is 0 Å². The smallest absolute Gasteiger partial charge is 0.0642 e. The second kappa shape index (κ2) is 5.30. The van der Waals surface area contributed by atoms with Crippen LogP contribution in [0.25, 0.3) is 0 Å². The van der Waals surface area contributed by atoms with Crippen molar-refractivity contribution in [2.24, 2.45) is 5.73 Å². The Morgan fingerprint density at radius 2 is 2.12 bits per heavy atom. The summed E-state index contributed by atoms with van der Waals surface area (Å²) in [5.41, 5.74) is 7.93. The first kappa shape index (κ1) is 11.4. The Hall–Kier alpha value is -1.10. The minimum absolute atomic E-state index is 0.0213. The standard InChI is InChI=1S/C12H18N2O2/c13-12(9-15)10-2-1-3-11(8-10)14-4-6-16-7-5-14/h1-3,8,12,15H,4-7,9,13H2. The van der Waals surface area contributed by atoms with Gasteiger partial charge >= 0.3 is 0 Å². The summed E-state index contributed by atoms with van der Waals surface area (Å²) in [6.07, 6.45) is 0. The molecule has 3 N–H and O–H groups in total. The molecule has 0 radical (unpaired) electrons. The molecule has 1 fully saturated rings. The maximum Gasteiger partial charge on any atom is 0.0642 e. The molecule has 1 aliphatic rings. The Kier molecular flexibility index (Phi) is 3.77. The van der Waals surface area contributed by atoms with Crippen LogP contribution in [0.5, 0.6) is 0 Å². The van der Waals surface area contributed by atoms with Crippen LogP contribution in [0.15, 0.2) is 24.3 Å². The second-order valence-corrected chi connectivity index (χ2v) is 3.98. The van der Waals surface area contributed by atoms with Crippen molar-refractivity contribution < 1.29 is 9.84 Å². The summed E-state index contributed by atoms with van der Waals surface area (Å²) >= 11 is 0. The minimum Gasteiger partial charge on any atom is -0.394 e. The SMILES string of the molecule is NC(CO)c1cccc(N2CCOCC2)c1. The fourth-order valence-electron chi connectivity index (χ4n) is 1.88. The van der Waals surface area contributed by atoms with Gasteiger partial charge in [-0.05, 0) is 17.7 Å². The highest BCUT2D eigenvalue weighted by Gasteiger charge is 2.12. The number of rotatable bonds is 3. The average Bonchev–Trinajstić information content (AvgIpc) is 2.39. The largest absolute Gasteiger partial charge is 0.394 e. The highest BCUT2D eigenvalue weighted by Crippen LogP contribution is 2.20. The van der Waals surface area contributed by atoms with Crippen molar-refractivity contribution in [1.29, 1.82) is 0 Å². The van der Waals surface area contributed by atoms with E-state index in [0.29, 0.717) is 0 Å². The normalized spacial score (nSPS) is 18.5. The predicted molar refractivity (Wildman–Crippen MR) is 63.5 cm³/mol. The van der Waals surface area contributed by atoms with Gasteiger partial charge in [-0.2, -0.15) is 0 Å². The zero-order valence-electron chi connectivity index (χ0n) is 9.30. The van der Waals surface area contributed by atoms with Crippen LogP contribution in [0.4, 0.5) is 5.69 Å². The first-order valence-corrected chi connectivity index (χ1v) is 5.60. The van der Waals surface area contributed by atoms with Gasteiger partial charge in [-0.1, -0.05) is 12.1 Å². The third kappa shape index (κ3) is 2.52. The summed E-state index contributed by atoms with van der Waals surface area (Å²) in [5.74, 6) is 0. The molecule has 1 aromatic carbocycles. The van der Waals surface area contributed by atoms with Crippen molar-refractivity contribution >= 4 is 5.69 Å². The lowest BCUT2D eigenvalue weighted by Crippen LogP contribution is -2.36. The lowest BCUT2D eigenvalue weighted by Gasteiger charge is -2.29. The number of aliphatic hydroxyl groups excluding tert-OH is 1. The molecule has 4 heteroatoms. The number of anilines is 1. The van der Waals surface area contributed by atoms with Gasteiger partial charge in [0.25, 0.3) is 0 Å². The van der Waals surface area contributed by atoms with Gasteiger partial charge in [-0.25, -0.2) is 0 Å². The molecule has 4 nitrogen and oxygen atoms in total. The molecular weight excluding hydrogens is 204 g/mol. The molecule has 0 aliphatic carbocycles. The number of hydrogen-bond acceptors (Lipinski definition) is 4. The Labute approximate surface area is 95.6 Å². The van der Waals surface area contributed by atoms with Crippen molar-refractivity contribution in [2.45, 2.75) is 6.04 Å². The van der Waals surface area contributed by atoms with Crippen molar-refractivity contribution in [1.82, 2.24) is 0 Å². The summed E-state index contributed by atoms with van der Waals surface area (Å²) in [5, 5.41) is 9.03. The fraction of sp³-hybridized carbons (Fsp3) is 0.500. The predicted octanol–water partition coefficient (Wildman–Crippen LogP) is 0.515. The van der Waals surface area contributed by atoms with Crippen molar-refractivity contribution in [3.05, 3.63) is 29.8 Å². The first-order chi connectivity index (χ1) is 7.81. The van der Waals surface area contributed by atoms with E-state index in [1.165, 1.54) is 0 Å². The molecule has 1 aromatic rings. The van der Waals surface area contributed by atoms with Crippen molar-refractivity contribution in [2.75, 3.05) is 37.8 Å². The summed E-state index contributed by atoms with van der Waals surface area (Å²) in [7, 11) is 0. The number of morpholine rings is 1. The van der Waals surface area contributed by atoms with E-state index in [-0.39, 0.29) is 12.6 Å². The van der Waals surface area contributed by atoms with Crippen LogP contribution in [-0.2, 0) is 4.74 Å². The van der Waals surface area contributed by atoms with Gasteiger partial charge in [-0.3, -0.25) is 0 Å². The van der Waals surface area contributed by atoms with Crippen LogP contribution in [0, 0.1) is 0 Å². The van der Waals surface area contributed by atoms with E-state index in [4.69, 9.17) is 15.6 Å². The fourth-order valence-corrected chi connectivity index (χ4v) is 1.88. The van der Waals surface area contributed by atoms with E-state index in [1.54, 1.807) is 0 Å². The zero-order chi connectivity index (χ0) is 11.4. The van der Waals surface area contributed by atoms with Crippen LogP contribution >= 0.6 is 0 Å². The number of hydrogen-bond donors (Lipinski definition) is 2. The van der Waals surface area contributed by atoms with Gasteiger partial charge in [0.1, 0.15) is 0 Å². The molecule has 88 valence electrons. The molecule has 0 bridgehead atoms. The van der Waals surface area contributed by atoms with Gasteiger partial charge in [0.2, 0.25) is 0 Å². The van der Waals surface area contributed by atoms with E-state index >= 15 is 0 Å². The van der Waals surface area contributed by atoms with Crippen LogP contribution in [0.3, 0.4) is 0 Å². The van der Waals surface area contributed by atoms with Crippen LogP contribution in [-0.4, -0.2) is 38.0 Å². The van der Waals surface area contributed by atoms with Crippen molar-refractivity contribution in [3.8, 4) is 0 Å². The number of ether oxygens (including phenoxy) is 1. The quantitative estimate of drug-likeness (QED) is 0.782. The molecule has 0 aromatic heterocycles. The number of nitrogens with two attached hydrogens (primary N) is 1. The molecular formula is C12H18N2O2. The Morgan fingerprint density at radius 3 is 2.81 bits per heavy atom. The minimum atomic E-state index is -0.291. The summed E-state index contributed by atoms with van der Waals surface area (Å²) in [6.45, 7) is 3.36. The number of nitrogens with zero attached hydrogens (tertiary/aromatic N) is 1. The zero-order valence-corrected chi connectivity index (χ0v) is 9.30. The monoisotopic (exact) mass is 222 g/mol. The highest BCUT2D eigenvalue weighted by molar-refractivity contribution is 5.49. The summed E-state index contributed by atoms with van der Waals surface area (Å²) in [4.78, 5) is 2.27. The second-order valence-electron chi connectivity index (χ2n) is 3.98. The molecule has 1 aliphatic heterocycles. The van der Waals surface area contributed by atoms with E-state index in [9.17, 15) is 0 Å². The van der Waals surface area contributed by atoms with Gasteiger partial charge in [0.15, 0.2) is 0 Å². The Morgan fingerprint density at radius 1 is 1.38 bits per heavy atom. The highest BCUT2D eigenvalue weighted by atomic mass is 16.5. The third-order valence-electron chi connectivity index (χ3n) is 2.87. The molecule has 0 amide bonds. The topological polar surface area (TPSA) is 58.7 Å². The van der Waals surface area contributed by atoms with Crippen LogP contribution < -0.4 is 10.6 Å². The Balaban J connectivity index is 2.14. The lowest BCUT2D eigenvalue weighted by atomic mass is 10.1. The average molecular weight is 222 g/mol. The maximum atomic E-state index is 9.03. The number of aliphatic hydroxyl groups is 1. The van der Waals surface area contributed by atoms with E-state index < -0.39 is 0 Å². The van der Waals surface area contributed by atoms with Gasteiger partial charge in [0.05, 0.1) is 25.9 Å². The van der Waals surface area contributed by atoms with E-state index in [2.05, 4.69) is 11.0 Å². The maximum absolute atomic E-state index is 9.03. The molecule has 0 spiro atoms. The van der Waals surface area contributed by atoms with E-state index in [0.717, 1.165) is 37.6 Å². The van der Waals surface area contributed by atoms with Gasteiger partial charge < -0.3 is 20.5 Å². The molecule has 2 rings (SSSR count). The molecule has 1 heterocycles. The molecule has 16 heavy (non-hydrogen) atoms. The number of benzene rings is 1. The van der Waals surface area contributed by atoms with Gasteiger partial charge in [-0.15, -0.1) is 0 Å². The lowest BCUT2D eigenvalue weighted by molar-refractivity contribution is 0.122. The molecule has 1 saturated heterocycles. The molecule has 1 unspecified atom stereocenters. The van der Waals surface area contributed by atoms with Crippen LogP contribution in [0.2, 0.25) is 0 Å². The summed E-state index contributed by atoms with van der Waals surface area (Å²) < 4.78 is 5.31.